The van der Waals surface area contributed by atoms with Crippen molar-refractivity contribution in [3.05, 3.63) is 0 Å². The normalized spacial score (nSPS) is 19.6. The predicted molar refractivity (Wildman–Crippen MR) is 77.3 cm³/mol. The third kappa shape index (κ3) is 4.67. The first-order valence-electron chi connectivity index (χ1n) is 7.26. The smallest absolute Gasteiger partial charge is 0.410 e. The van der Waals surface area contributed by atoms with Crippen LogP contribution in [0.1, 0.15) is 40.5 Å². The molecule has 0 spiro atoms. The minimum Gasteiger partial charge on any atom is -0.444 e. The van der Waals surface area contributed by atoms with Crippen LogP contribution in [0.25, 0.3) is 0 Å². The quantitative estimate of drug-likeness (QED) is 0.845. The number of carbonyl (C=O) groups is 2. The van der Waals surface area contributed by atoms with E-state index < -0.39 is 5.60 Å². The lowest BCUT2D eigenvalue weighted by molar-refractivity contribution is -0.131. The number of hydrogen-bond acceptors (Lipinski definition) is 4. The predicted octanol–water partition coefficient (Wildman–Crippen LogP) is 1.19. The Labute approximate surface area is 121 Å². The number of carbonyl (C=O) groups excluding carboxylic acids is 2. The molecule has 20 heavy (non-hydrogen) atoms. The van der Waals surface area contributed by atoms with Gasteiger partial charge in [-0.2, -0.15) is 0 Å². The summed E-state index contributed by atoms with van der Waals surface area (Å²) in [6.45, 7) is 9.34. The monoisotopic (exact) mass is 285 g/mol. The van der Waals surface area contributed by atoms with Crippen molar-refractivity contribution in [2.75, 3.05) is 26.2 Å². The van der Waals surface area contributed by atoms with Crippen molar-refractivity contribution in [1.82, 2.24) is 9.80 Å². The van der Waals surface area contributed by atoms with Gasteiger partial charge >= 0.3 is 6.09 Å². The van der Waals surface area contributed by atoms with Gasteiger partial charge in [0.15, 0.2) is 0 Å². The third-order valence-electron chi connectivity index (χ3n) is 3.33. The van der Waals surface area contributed by atoms with Gasteiger partial charge in [0, 0.05) is 19.6 Å². The topological polar surface area (TPSA) is 75.9 Å². The lowest BCUT2D eigenvalue weighted by atomic mass is 10.0. The van der Waals surface area contributed by atoms with Crippen LogP contribution < -0.4 is 5.73 Å². The highest BCUT2D eigenvalue weighted by molar-refractivity contribution is 5.78. The van der Waals surface area contributed by atoms with Crippen LogP contribution >= 0.6 is 0 Å². The summed E-state index contributed by atoms with van der Waals surface area (Å²) in [4.78, 5) is 27.3. The number of nitrogens with zero attached hydrogens (tertiary/aromatic N) is 2. The summed E-state index contributed by atoms with van der Waals surface area (Å²) in [6.07, 6.45) is 1.46. The van der Waals surface area contributed by atoms with Gasteiger partial charge < -0.3 is 20.3 Å². The first-order valence-corrected chi connectivity index (χ1v) is 7.26. The van der Waals surface area contributed by atoms with Crippen LogP contribution in [0.5, 0.6) is 0 Å². The zero-order valence-electron chi connectivity index (χ0n) is 13.0. The second-order valence-electron chi connectivity index (χ2n) is 6.11. The van der Waals surface area contributed by atoms with Crippen LogP contribution in [0, 0.1) is 0 Å². The van der Waals surface area contributed by atoms with Crippen molar-refractivity contribution in [2.24, 2.45) is 5.73 Å². The Bertz CT molecular complexity index is 352. The van der Waals surface area contributed by atoms with Crippen molar-refractivity contribution in [2.45, 2.75) is 52.2 Å². The molecule has 6 heteroatoms. The number of ether oxygens (including phenoxy) is 1. The number of amides is 2. The molecule has 0 aromatic rings. The van der Waals surface area contributed by atoms with Crippen LogP contribution in [0.15, 0.2) is 0 Å². The molecular formula is C14H27N3O3. The molecule has 2 amide bonds. The number of rotatable bonds is 3. The van der Waals surface area contributed by atoms with Gasteiger partial charge in [-0.15, -0.1) is 0 Å². The standard InChI is InChI=1S/C14H27N3O3/c1-5-17(13(19)20-14(2,3)4)11-7-6-8-16(10-11)12(18)9-15/h11H,5-10,15H2,1-4H3/t11-/m1/s1. The van der Waals surface area contributed by atoms with Gasteiger partial charge in [0.25, 0.3) is 0 Å². The average Bonchev–Trinajstić information content (AvgIpc) is 2.37. The highest BCUT2D eigenvalue weighted by Crippen LogP contribution is 2.19. The fourth-order valence-electron chi connectivity index (χ4n) is 2.42. The van der Waals surface area contributed by atoms with E-state index in [0.717, 1.165) is 19.4 Å². The van der Waals surface area contributed by atoms with Crippen molar-refractivity contribution < 1.29 is 14.3 Å². The molecule has 0 bridgehead atoms. The summed E-state index contributed by atoms with van der Waals surface area (Å²) in [6, 6.07) is 0.0131. The minimum atomic E-state index is -0.508. The molecule has 1 aliphatic rings. The third-order valence-corrected chi connectivity index (χ3v) is 3.33. The van der Waals surface area contributed by atoms with Crippen LogP contribution in [-0.2, 0) is 9.53 Å². The molecule has 0 saturated carbocycles. The Kier molecular flexibility index (Phi) is 5.80. The van der Waals surface area contributed by atoms with E-state index in [2.05, 4.69) is 0 Å². The van der Waals surface area contributed by atoms with Gasteiger partial charge in [0.05, 0.1) is 12.6 Å². The molecule has 6 nitrogen and oxygen atoms in total. The Morgan fingerprint density at radius 3 is 2.55 bits per heavy atom. The first-order chi connectivity index (χ1) is 9.28. The van der Waals surface area contributed by atoms with E-state index >= 15 is 0 Å². The van der Waals surface area contributed by atoms with E-state index in [1.165, 1.54) is 0 Å². The molecule has 0 unspecified atom stereocenters. The second kappa shape index (κ2) is 6.92. The summed E-state index contributed by atoms with van der Waals surface area (Å²) in [7, 11) is 0. The van der Waals surface area contributed by atoms with Gasteiger partial charge in [0.1, 0.15) is 5.60 Å². The molecule has 0 radical (unpaired) electrons. The van der Waals surface area contributed by atoms with Crippen LogP contribution in [-0.4, -0.2) is 59.6 Å². The van der Waals surface area contributed by atoms with Gasteiger partial charge in [0.2, 0.25) is 5.91 Å². The van der Waals surface area contributed by atoms with Gasteiger partial charge in [-0.3, -0.25) is 4.79 Å². The number of nitrogens with two attached hydrogens (primary N) is 1. The molecule has 2 N–H and O–H groups in total. The van der Waals surface area contributed by atoms with Crippen molar-refractivity contribution in [3.63, 3.8) is 0 Å². The van der Waals surface area contributed by atoms with Crippen molar-refractivity contribution in [3.8, 4) is 0 Å². The van der Waals surface area contributed by atoms with Crippen molar-refractivity contribution >= 4 is 12.0 Å². The Morgan fingerprint density at radius 2 is 2.05 bits per heavy atom. The average molecular weight is 285 g/mol. The van der Waals surface area contributed by atoms with Crippen LogP contribution in [0.3, 0.4) is 0 Å². The van der Waals surface area contributed by atoms with Gasteiger partial charge in [-0.1, -0.05) is 0 Å². The lowest BCUT2D eigenvalue weighted by Crippen LogP contribution is -2.53. The fraction of sp³-hybridized carbons (Fsp3) is 0.857. The maximum absolute atomic E-state index is 12.2. The molecule has 1 atom stereocenters. The van der Waals surface area contributed by atoms with Crippen LogP contribution in [0.4, 0.5) is 4.79 Å². The second-order valence-corrected chi connectivity index (χ2v) is 6.11. The van der Waals surface area contributed by atoms with E-state index in [1.54, 1.807) is 9.80 Å². The molecular weight excluding hydrogens is 258 g/mol. The largest absolute Gasteiger partial charge is 0.444 e. The molecule has 0 aliphatic carbocycles. The highest BCUT2D eigenvalue weighted by atomic mass is 16.6. The maximum Gasteiger partial charge on any atom is 0.410 e. The summed E-state index contributed by atoms with van der Waals surface area (Å²) in [5.74, 6) is -0.0602. The highest BCUT2D eigenvalue weighted by Gasteiger charge is 2.31. The summed E-state index contributed by atoms with van der Waals surface area (Å²) in [5, 5.41) is 0. The molecule has 0 aromatic carbocycles. The van der Waals surface area contributed by atoms with Crippen LogP contribution in [0.2, 0.25) is 0 Å². The van der Waals surface area contributed by atoms with E-state index in [-0.39, 0.29) is 24.6 Å². The lowest BCUT2D eigenvalue weighted by Gasteiger charge is -2.39. The molecule has 116 valence electrons. The Morgan fingerprint density at radius 1 is 1.40 bits per heavy atom. The minimum absolute atomic E-state index is 0.0131. The zero-order chi connectivity index (χ0) is 15.3. The number of likely N-dealkylation sites (N-methyl/N-ethyl adjacent to an activating group) is 1. The SMILES string of the molecule is CCN(C(=O)OC(C)(C)C)[C@@H]1CCCN(C(=O)CN)C1. The first kappa shape index (κ1) is 16.8. The van der Waals surface area contributed by atoms with E-state index in [1.807, 2.05) is 27.7 Å². The number of hydrogen-bond donors (Lipinski definition) is 1. The van der Waals surface area contributed by atoms with E-state index in [9.17, 15) is 9.59 Å². The Balaban J connectivity index is 2.69. The van der Waals surface area contributed by atoms with Crippen molar-refractivity contribution in [1.29, 1.82) is 0 Å². The maximum atomic E-state index is 12.2. The molecule has 1 heterocycles. The molecule has 0 aromatic heterocycles. The molecule has 1 fully saturated rings. The van der Waals surface area contributed by atoms with Gasteiger partial charge in [-0.05, 0) is 40.5 Å². The number of piperidine rings is 1. The van der Waals surface area contributed by atoms with E-state index in [4.69, 9.17) is 10.5 Å². The Hall–Kier alpha value is -1.30. The number of likely N-dealkylation sites (tertiary alicyclic amines) is 1. The molecule has 1 rings (SSSR count). The molecule has 1 aliphatic heterocycles. The fourth-order valence-corrected chi connectivity index (χ4v) is 2.42. The molecule has 1 saturated heterocycles. The van der Waals surface area contributed by atoms with Gasteiger partial charge in [-0.25, -0.2) is 4.79 Å². The zero-order valence-corrected chi connectivity index (χ0v) is 13.0. The van der Waals surface area contributed by atoms with E-state index in [0.29, 0.717) is 13.1 Å². The summed E-state index contributed by atoms with van der Waals surface area (Å²) < 4.78 is 5.42. The summed E-state index contributed by atoms with van der Waals surface area (Å²) >= 11 is 0. The summed E-state index contributed by atoms with van der Waals surface area (Å²) in [5.41, 5.74) is 4.90.